The van der Waals surface area contributed by atoms with Crippen molar-refractivity contribution in [3.8, 4) is 5.75 Å². The Morgan fingerprint density at radius 2 is 1.13 bits per heavy atom. The van der Waals surface area contributed by atoms with Crippen molar-refractivity contribution in [3.05, 3.63) is 28.8 Å². The number of carbonyl (C=O) groups is 1. The van der Waals surface area contributed by atoms with Gasteiger partial charge in [0.1, 0.15) is 5.75 Å². The van der Waals surface area contributed by atoms with Crippen LogP contribution < -0.4 is 0 Å². The second-order valence-electron chi connectivity index (χ2n) is 11.7. The molecule has 1 aromatic rings. The molecule has 0 spiro atoms. The van der Waals surface area contributed by atoms with Gasteiger partial charge in [-0.2, -0.15) is 0 Å². The van der Waals surface area contributed by atoms with Gasteiger partial charge in [0, 0.05) is 28.8 Å². The number of phenolic OH excluding ortho intramolecular Hbond substituents is 1. The van der Waals surface area contributed by atoms with E-state index in [1.165, 1.54) is 38.5 Å². The first-order valence-electron chi connectivity index (χ1n) is 12.2. The lowest BCUT2D eigenvalue weighted by Gasteiger charge is -2.42. The first kappa shape index (κ1) is 23.2. The first-order valence-corrected chi connectivity index (χ1v) is 12.2. The molecule has 0 saturated heterocycles. The molecule has 1 aromatic carbocycles. The number of benzene rings is 1. The molecular weight excluding hydrogens is 370 g/mol. The predicted octanol–water partition coefficient (Wildman–Crippen LogP) is 7.09. The van der Waals surface area contributed by atoms with E-state index in [0.717, 1.165) is 42.4 Å². The van der Waals surface area contributed by atoms with E-state index in [9.17, 15) is 9.90 Å². The number of aromatic hydroxyl groups is 1. The molecule has 1 N–H and O–H groups in total. The van der Waals surface area contributed by atoms with Gasteiger partial charge >= 0.3 is 0 Å². The SMILES string of the molecule is CC(C)(C)c1cc(C(=O)N(C2CCCCC2)C2CCCCC2)cc(C(C)(C)C)c1O. The quantitative estimate of drug-likeness (QED) is 0.574. The highest BCUT2D eigenvalue weighted by Gasteiger charge is 2.35. The summed E-state index contributed by atoms with van der Waals surface area (Å²) in [5, 5.41) is 11.1. The third kappa shape index (κ3) is 5.03. The Balaban J connectivity index is 2.06. The maximum absolute atomic E-state index is 14.1. The molecule has 0 aromatic heterocycles. The Labute approximate surface area is 184 Å². The lowest BCUT2D eigenvalue weighted by molar-refractivity contribution is 0.0448. The first-order chi connectivity index (χ1) is 14.0. The van der Waals surface area contributed by atoms with Crippen LogP contribution in [0, 0.1) is 0 Å². The number of rotatable bonds is 3. The molecule has 2 saturated carbocycles. The summed E-state index contributed by atoms with van der Waals surface area (Å²) >= 11 is 0. The fourth-order valence-corrected chi connectivity index (χ4v) is 5.40. The fraction of sp³-hybridized carbons (Fsp3) is 0.741. The Bertz CT molecular complexity index is 688. The van der Waals surface area contributed by atoms with Crippen LogP contribution in [0.1, 0.15) is 127 Å². The van der Waals surface area contributed by atoms with Crippen LogP contribution in [-0.4, -0.2) is 28.0 Å². The van der Waals surface area contributed by atoms with Crippen LogP contribution in [0.15, 0.2) is 12.1 Å². The van der Waals surface area contributed by atoms with Gasteiger partial charge in [0.2, 0.25) is 0 Å². The van der Waals surface area contributed by atoms with Crippen molar-refractivity contribution in [1.82, 2.24) is 4.90 Å². The van der Waals surface area contributed by atoms with E-state index in [2.05, 4.69) is 46.4 Å². The topological polar surface area (TPSA) is 40.5 Å². The summed E-state index contributed by atoms with van der Waals surface area (Å²) in [4.78, 5) is 16.3. The molecule has 3 heteroatoms. The van der Waals surface area contributed by atoms with Crippen LogP contribution in [0.5, 0.6) is 5.75 Å². The van der Waals surface area contributed by atoms with E-state index >= 15 is 0 Å². The van der Waals surface area contributed by atoms with E-state index < -0.39 is 0 Å². The predicted molar refractivity (Wildman–Crippen MR) is 125 cm³/mol. The molecule has 1 amide bonds. The van der Waals surface area contributed by atoms with E-state index in [0.29, 0.717) is 17.8 Å². The summed E-state index contributed by atoms with van der Waals surface area (Å²) in [6.07, 6.45) is 12.1. The van der Waals surface area contributed by atoms with Gasteiger partial charge in [-0.25, -0.2) is 0 Å². The minimum atomic E-state index is -0.221. The van der Waals surface area contributed by atoms with Crippen molar-refractivity contribution in [3.63, 3.8) is 0 Å². The summed E-state index contributed by atoms with van der Waals surface area (Å²) in [5.74, 6) is 0.540. The number of nitrogens with zero attached hydrogens (tertiary/aromatic N) is 1. The third-order valence-corrected chi connectivity index (χ3v) is 7.14. The zero-order valence-electron chi connectivity index (χ0n) is 20.2. The van der Waals surface area contributed by atoms with Crippen molar-refractivity contribution in [2.45, 2.75) is 129 Å². The number of hydrogen-bond acceptors (Lipinski definition) is 2. The Morgan fingerprint density at radius 3 is 1.47 bits per heavy atom. The number of hydrogen-bond donors (Lipinski definition) is 1. The molecule has 30 heavy (non-hydrogen) atoms. The standard InChI is InChI=1S/C27H43NO2/c1-26(2,3)22-17-19(18-23(24(22)29)27(4,5)6)25(30)28(20-13-9-7-10-14-20)21-15-11-8-12-16-21/h17-18,20-21,29H,7-16H2,1-6H3. The number of phenols is 1. The second-order valence-corrected chi connectivity index (χ2v) is 11.7. The van der Waals surface area contributed by atoms with Gasteiger partial charge in [0.05, 0.1) is 0 Å². The van der Waals surface area contributed by atoms with E-state index in [-0.39, 0.29) is 16.7 Å². The third-order valence-electron chi connectivity index (χ3n) is 7.14. The van der Waals surface area contributed by atoms with Crippen LogP contribution in [-0.2, 0) is 10.8 Å². The van der Waals surface area contributed by atoms with Gasteiger partial charge in [0.15, 0.2) is 0 Å². The summed E-state index contributed by atoms with van der Waals surface area (Å²) in [5.41, 5.74) is 2.08. The van der Waals surface area contributed by atoms with Gasteiger partial charge in [0.25, 0.3) is 5.91 Å². The molecule has 0 heterocycles. The van der Waals surface area contributed by atoms with Crippen LogP contribution >= 0.6 is 0 Å². The normalized spacial score (nSPS) is 19.7. The van der Waals surface area contributed by atoms with Crippen LogP contribution in [0.2, 0.25) is 0 Å². The highest BCUT2D eigenvalue weighted by atomic mass is 16.3. The van der Waals surface area contributed by atoms with Gasteiger partial charge in [-0.3, -0.25) is 4.79 Å². The van der Waals surface area contributed by atoms with Crippen LogP contribution in [0.4, 0.5) is 0 Å². The van der Waals surface area contributed by atoms with Crippen molar-refractivity contribution >= 4 is 5.91 Å². The molecule has 3 rings (SSSR count). The van der Waals surface area contributed by atoms with Crippen molar-refractivity contribution < 1.29 is 9.90 Å². The van der Waals surface area contributed by atoms with Gasteiger partial charge in [-0.1, -0.05) is 80.1 Å². The molecule has 0 unspecified atom stereocenters. The zero-order chi connectivity index (χ0) is 22.1. The van der Waals surface area contributed by atoms with Crippen LogP contribution in [0.3, 0.4) is 0 Å². The van der Waals surface area contributed by atoms with Gasteiger partial charge in [-0.05, 0) is 48.6 Å². The minimum absolute atomic E-state index is 0.185. The fourth-order valence-electron chi connectivity index (χ4n) is 5.40. The maximum atomic E-state index is 14.1. The zero-order valence-corrected chi connectivity index (χ0v) is 20.2. The highest BCUT2D eigenvalue weighted by molar-refractivity contribution is 5.95. The van der Waals surface area contributed by atoms with Gasteiger partial charge < -0.3 is 10.0 Å². The molecule has 0 bridgehead atoms. The molecule has 168 valence electrons. The Hall–Kier alpha value is -1.51. The summed E-state index contributed by atoms with van der Waals surface area (Å²) in [6.45, 7) is 12.7. The number of carbonyl (C=O) groups excluding carboxylic acids is 1. The molecule has 3 nitrogen and oxygen atoms in total. The maximum Gasteiger partial charge on any atom is 0.254 e. The minimum Gasteiger partial charge on any atom is -0.507 e. The molecular formula is C27H43NO2. The van der Waals surface area contributed by atoms with Crippen molar-refractivity contribution in [1.29, 1.82) is 0 Å². The lowest BCUT2D eigenvalue weighted by Crippen LogP contribution is -2.48. The lowest BCUT2D eigenvalue weighted by atomic mass is 9.78. The second kappa shape index (κ2) is 8.93. The van der Waals surface area contributed by atoms with Crippen molar-refractivity contribution in [2.24, 2.45) is 0 Å². The molecule has 0 atom stereocenters. The van der Waals surface area contributed by atoms with Crippen molar-refractivity contribution in [2.75, 3.05) is 0 Å². The Morgan fingerprint density at radius 1 is 0.767 bits per heavy atom. The van der Waals surface area contributed by atoms with E-state index in [4.69, 9.17) is 0 Å². The Kier molecular flexibility index (Phi) is 6.89. The monoisotopic (exact) mass is 413 g/mol. The molecule has 0 radical (unpaired) electrons. The molecule has 2 aliphatic rings. The number of amides is 1. The average Bonchev–Trinajstić information content (AvgIpc) is 2.68. The molecule has 2 aliphatic carbocycles. The summed E-state index contributed by atoms with van der Waals surface area (Å²) < 4.78 is 0. The molecule has 0 aliphatic heterocycles. The van der Waals surface area contributed by atoms with Gasteiger partial charge in [-0.15, -0.1) is 0 Å². The van der Waals surface area contributed by atoms with Crippen LogP contribution in [0.25, 0.3) is 0 Å². The highest BCUT2D eigenvalue weighted by Crippen LogP contribution is 2.41. The summed E-state index contributed by atoms with van der Waals surface area (Å²) in [7, 11) is 0. The summed E-state index contributed by atoms with van der Waals surface area (Å²) in [6, 6.07) is 4.70. The largest absolute Gasteiger partial charge is 0.507 e. The van der Waals surface area contributed by atoms with E-state index in [1.807, 2.05) is 12.1 Å². The average molecular weight is 414 g/mol. The smallest absolute Gasteiger partial charge is 0.254 e. The molecule has 2 fully saturated rings. The van der Waals surface area contributed by atoms with E-state index in [1.54, 1.807) is 0 Å².